The van der Waals surface area contributed by atoms with Crippen LogP contribution in [0.3, 0.4) is 0 Å². The molecule has 2 aromatic rings. The highest BCUT2D eigenvalue weighted by Crippen LogP contribution is 2.25. The van der Waals surface area contributed by atoms with Gasteiger partial charge in [0, 0.05) is 4.90 Å². The molecule has 0 heterocycles. The molecule has 0 unspecified atom stereocenters. The van der Waals surface area contributed by atoms with Gasteiger partial charge in [0.05, 0.1) is 34.1 Å². The second-order valence-corrected chi connectivity index (χ2v) is 5.23. The molecule has 2 aromatic carbocycles. The number of nitriles is 1. The van der Waals surface area contributed by atoms with Crippen molar-refractivity contribution < 1.29 is 8.95 Å². The zero-order valence-electron chi connectivity index (χ0n) is 10.3. The minimum Gasteiger partial charge on any atom is -0.497 e. The van der Waals surface area contributed by atoms with E-state index < -0.39 is 10.8 Å². The minimum absolute atomic E-state index is 0.253. The molecule has 5 heteroatoms. The minimum atomic E-state index is -1.46. The average molecular weight is 272 g/mol. The Morgan fingerprint density at radius 3 is 2.68 bits per heavy atom. The average Bonchev–Trinajstić information content (AvgIpc) is 2.46. The fraction of sp³-hybridized carbons (Fsp3) is 0.0714. The summed E-state index contributed by atoms with van der Waals surface area (Å²) in [5.74, 6) is 0.619. The third-order valence-corrected chi connectivity index (χ3v) is 4.05. The van der Waals surface area contributed by atoms with Gasteiger partial charge >= 0.3 is 0 Å². The lowest BCUT2D eigenvalue weighted by atomic mass is 10.2. The summed E-state index contributed by atoms with van der Waals surface area (Å²) in [7, 11) is 0.0820. The fourth-order valence-electron chi connectivity index (χ4n) is 1.67. The van der Waals surface area contributed by atoms with Crippen molar-refractivity contribution in [2.45, 2.75) is 9.79 Å². The van der Waals surface area contributed by atoms with E-state index in [2.05, 4.69) is 0 Å². The number of rotatable bonds is 3. The summed E-state index contributed by atoms with van der Waals surface area (Å²) in [5, 5.41) is 9.11. The van der Waals surface area contributed by atoms with Gasteiger partial charge in [-0.05, 0) is 30.3 Å². The monoisotopic (exact) mass is 272 g/mol. The third-order valence-electron chi connectivity index (χ3n) is 2.63. The molecule has 4 nitrogen and oxygen atoms in total. The molecule has 1 atom stereocenters. The number of hydrogen-bond acceptors (Lipinski definition) is 4. The fourth-order valence-corrected chi connectivity index (χ4v) is 2.90. The van der Waals surface area contributed by atoms with E-state index in [1.807, 2.05) is 6.07 Å². The summed E-state index contributed by atoms with van der Waals surface area (Å²) in [6.45, 7) is 0. The van der Waals surface area contributed by atoms with Gasteiger partial charge in [-0.25, -0.2) is 4.21 Å². The van der Waals surface area contributed by atoms with Gasteiger partial charge in [-0.1, -0.05) is 12.1 Å². The van der Waals surface area contributed by atoms with Gasteiger partial charge in [0.2, 0.25) is 0 Å². The first kappa shape index (κ1) is 13.1. The molecule has 2 N–H and O–H groups in total. The van der Waals surface area contributed by atoms with Gasteiger partial charge in [-0.2, -0.15) is 5.26 Å². The van der Waals surface area contributed by atoms with Gasteiger partial charge < -0.3 is 10.5 Å². The van der Waals surface area contributed by atoms with Crippen molar-refractivity contribution in [3.8, 4) is 11.8 Å². The molecule has 0 radical (unpaired) electrons. The summed E-state index contributed by atoms with van der Waals surface area (Å²) >= 11 is 0. The normalized spacial score (nSPS) is 11.6. The van der Waals surface area contributed by atoms with Crippen molar-refractivity contribution in [2.24, 2.45) is 0 Å². The molecule has 0 fully saturated rings. The van der Waals surface area contributed by atoms with Crippen LogP contribution in [0.1, 0.15) is 5.56 Å². The first-order chi connectivity index (χ1) is 9.17. The largest absolute Gasteiger partial charge is 0.497 e. The molecule has 0 amide bonds. The van der Waals surface area contributed by atoms with Crippen LogP contribution in [-0.2, 0) is 10.8 Å². The molecule has 2 rings (SSSR count). The Bertz CT molecular complexity index is 677. The van der Waals surface area contributed by atoms with Crippen LogP contribution in [0.5, 0.6) is 5.75 Å². The molecule has 0 saturated heterocycles. The number of nitrogen functional groups attached to an aromatic ring is 1. The molecule has 19 heavy (non-hydrogen) atoms. The van der Waals surface area contributed by atoms with Gasteiger partial charge in [-0.15, -0.1) is 0 Å². The highest BCUT2D eigenvalue weighted by molar-refractivity contribution is 7.85. The van der Waals surface area contributed by atoms with Crippen LogP contribution >= 0.6 is 0 Å². The maximum Gasteiger partial charge on any atom is 0.120 e. The van der Waals surface area contributed by atoms with Gasteiger partial charge in [0.1, 0.15) is 11.8 Å². The summed E-state index contributed by atoms with van der Waals surface area (Å²) in [6, 6.07) is 13.9. The predicted molar refractivity (Wildman–Crippen MR) is 73.2 cm³/mol. The van der Waals surface area contributed by atoms with Gasteiger partial charge in [0.25, 0.3) is 0 Å². The Hall–Kier alpha value is -2.32. The third kappa shape index (κ3) is 2.59. The molecular weight excluding hydrogens is 260 g/mol. The Morgan fingerprint density at radius 2 is 2.00 bits per heavy atom. The van der Waals surface area contributed by atoms with Gasteiger partial charge in [0.15, 0.2) is 0 Å². The van der Waals surface area contributed by atoms with E-state index in [4.69, 9.17) is 15.7 Å². The van der Waals surface area contributed by atoms with Crippen LogP contribution in [0.15, 0.2) is 52.3 Å². The molecule has 0 bridgehead atoms. The van der Waals surface area contributed by atoms with E-state index in [-0.39, 0.29) is 5.56 Å². The van der Waals surface area contributed by atoms with Gasteiger partial charge in [-0.3, -0.25) is 0 Å². The lowest BCUT2D eigenvalue weighted by Gasteiger charge is -2.07. The van der Waals surface area contributed by atoms with E-state index >= 15 is 0 Å². The number of benzene rings is 2. The van der Waals surface area contributed by atoms with E-state index in [0.29, 0.717) is 21.2 Å². The maximum atomic E-state index is 12.5. The van der Waals surface area contributed by atoms with Crippen LogP contribution in [-0.4, -0.2) is 11.3 Å². The molecule has 0 aliphatic rings. The van der Waals surface area contributed by atoms with Crippen molar-refractivity contribution in [3.63, 3.8) is 0 Å². The van der Waals surface area contributed by atoms with Crippen molar-refractivity contribution in [1.82, 2.24) is 0 Å². The predicted octanol–water partition coefficient (Wildman–Crippen LogP) is 2.32. The number of nitrogens with two attached hydrogens (primary N) is 1. The first-order valence-electron chi connectivity index (χ1n) is 5.51. The van der Waals surface area contributed by atoms with Crippen molar-refractivity contribution in [3.05, 3.63) is 48.0 Å². The summed E-state index contributed by atoms with van der Waals surface area (Å²) < 4.78 is 17.6. The number of anilines is 1. The standard InChI is InChI=1S/C14H12N2O2S/c1-18-10-4-2-5-11(8-10)19(17)14-7-3-6-13(16)12(14)9-15/h2-8H,16H2,1H3/t19-/m1/s1. The van der Waals surface area contributed by atoms with Crippen LogP contribution in [0.25, 0.3) is 0 Å². The van der Waals surface area contributed by atoms with Crippen LogP contribution in [0.4, 0.5) is 5.69 Å². The number of hydrogen-bond donors (Lipinski definition) is 1. The van der Waals surface area contributed by atoms with Crippen molar-refractivity contribution in [2.75, 3.05) is 12.8 Å². The number of methoxy groups -OCH3 is 1. The van der Waals surface area contributed by atoms with Crippen molar-refractivity contribution in [1.29, 1.82) is 5.26 Å². The van der Waals surface area contributed by atoms with Crippen LogP contribution < -0.4 is 10.5 Å². The Kier molecular flexibility index (Phi) is 3.83. The SMILES string of the molecule is COc1cccc([S@@](=O)c2cccc(N)c2C#N)c1. The zero-order chi connectivity index (χ0) is 13.8. The Labute approximate surface area is 113 Å². The molecule has 0 spiro atoms. The molecule has 0 aliphatic carbocycles. The summed E-state index contributed by atoms with van der Waals surface area (Å²) in [5.41, 5.74) is 6.31. The Balaban J connectivity index is 2.50. The van der Waals surface area contributed by atoms with Crippen molar-refractivity contribution >= 4 is 16.5 Å². The molecule has 0 aliphatic heterocycles. The van der Waals surface area contributed by atoms with E-state index in [1.165, 1.54) is 0 Å². The second-order valence-electron chi connectivity index (χ2n) is 3.78. The highest BCUT2D eigenvalue weighted by Gasteiger charge is 2.14. The molecule has 0 saturated carbocycles. The topological polar surface area (TPSA) is 76.1 Å². The lowest BCUT2D eigenvalue weighted by Crippen LogP contribution is -2.00. The summed E-state index contributed by atoms with van der Waals surface area (Å²) in [4.78, 5) is 0.984. The number of nitrogens with zero attached hydrogens (tertiary/aromatic N) is 1. The first-order valence-corrected chi connectivity index (χ1v) is 6.66. The maximum absolute atomic E-state index is 12.5. The number of ether oxygens (including phenoxy) is 1. The van der Waals surface area contributed by atoms with Crippen LogP contribution in [0, 0.1) is 11.3 Å². The molecule has 0 aromatic heterocycles. The lowest BCUT2D eigenvalue weighted by molar-refractivity contribution is 0.413. The smallest absolute Gasteiger partial charge is 0.120 e. The Morgan fingerprint density at radius 1 is 1.26 bits per heavy atom. The summed E-state index contributed by atoms with van der Waals surface area (Å²) in [6.07, 6.45) is 0. The quantitative estimate of drug-likeness (QED) is 0.870. The molecular formula is C14H12N2O2S. The highest BCUT2D eigenvalue weighted by atomic mass is 32.2. The second kappa shape index (κ2) is 5.55. The van der Waals surface area contributed by atoms with E-state index in [0.717, 1.165) is 0 Å². The van der Waals surface area contributed by atoms with E-state index in [9.17, 15) is 4.21 Å². The molecule has 96 valence electrons. The van der Waals surface area contributed by atoms with E-state index in [1.54, 1.807) is 49.6 Å². The zero-order valence-corrected chi connectivity index (χ0v) is 11.1. The van der Waals surface area contributed by atoms with Crippen LogP contribution in [0.2, 0.25) is 0 Å².